The third-order valence-corrected chi connectivity index (χ3v) is 6.59. The molecule has 5 atom stereocenters. The molecule has 1 fully saturated rings. The van der Waals surface area contributed by atoms with Crippen LogP contribution >= 0.6 is 0 Å². The summed E-state index contributed by atoms with van der Waals surface area (Å²) in [5.41, 5.74) is 1.08. The molecule has 0 aromatic heterocycles. The quantitative estimate of drug-likeness (QED) is 0.570. The largest absolute Gasteiger partial charge is 0.508 e. The Morgan fingerprint density at radius 3 is 2.50 bits per heavy atom. The third kappa shape index (κ3) is 5.30. The maximum atomic E-state index is 10.1. The summed E-state index contributed by atoms with van der Waals surface area (Å²) < 4.78 is 28.7. The minimum absolute atomic E-state index is 0.0276. The van der Waals surface area contributed by atoms with Gasteiger partial charge in [-0.2, -0.15) is 0 Å². The van der Waals surface area contributed by atoms with Gasteiger partial charge in [-0.1, -0.05) is 31.2 Å². The first-order chi connectivity index (χ1) is 15.5. The molecular weight excluding hydrogens is 408 g/mol. The maximum absolute atomic E-state index is 10.1. The number of aliphatic hydroxyl groups is 1. The van der Waals surface area contributed by atoms with E-state index in [9.17, 15) is 5.11 Å². The van der Waals surface area contributed by atoms with Gasteiger partial charge in [0.15, 0.2) is 17.3 Å². The zero-order valence-corrected chi connectivity index (χ0v) is 19.7. The summed E-state index contributed by atoms with van der Waals surface area (Å²) in [6, 6.07) is 6.00. The highest BCUT2D eigenvalue weighted by atomic mass is 16.5. The van der Waals surface area contributed by atoms with Crippen molar-refractivity contribution >= 4 is 0 Å². The van der Waals surface area contributed by atoms with E-state index in [-0.39, 0.29) is 35.7 Å². The average Bonchev–Trinajstić information content (AvgIpc) is 2.99. The van der Waals surface area contributed by atoms with Crippen molar-refractivity contribution in [1.82, 2.24) is 0 Å². The van der Waals surface area contributed by atoms with Crippen LogP contribution in [0, 0.1) is 17.8 Å². The summed E-state index contributed by atoms with van der Waals surface area (Å²) in [7, 11) is 6.64. The summed E-state index contributed by atoms with van der Waals surface area (Å²) in [5, 5.41) is 10.1. The van der Waals surface area contributed by atoms with Crippen LogP contribution in [0.3, 0.4) is 0 Å². The fraction of sp³-hybridized carbons (Fsp3) is 0.538. The molecule has 6 heteroatoms. The molecule has 32 heavy (non-hydrogen) atoms. The molecule has 1 aromatic carbocycles. The van der Waals surface area contributed by atoms with Crippen LogP contribution in [-0.4, -0.2) is 46.3 Å². The molecule has 176 valence electrons. The van der Waals surface area contributed by atoms with Gasteiger partial charge in [-0.15, -0.1) is 0 Å². The first-order valence-electron chi connectivity index (χ1n) is 11.2. The van der Waals surface area contributed by atoms with Gasteiger partial charge >= 0.3 is 0 Å². The minimum atomic E-state index is -0.0695. The first-order valence-corrected chi connectivity index (χ1v) is 11.2. The lowest BCUT2D eigenvalue weighted by molar-refractivity contribution is -0.0302. The first kappa shape index (κ1) is 24.2. The third-order valence-electron chi connectivity index (χ3n) is 6.59. The molecule has 0 amide bonds. The molecular formula is C26H36O6. The van der Waals surface area contributed by atoms with Crippen molar-refractivity contribution in [1.29, 1.82) is 0 Å². The van der Waals surface area contributed by atoms with Gasteiger partial charge in [0.2, 0.25) is 0 Å². The molecule has 6 nitrogen and oxygen atoms in total. The molecule has 4 unspecified atom stereocenters. The number of benzene rings is 1. The van der Waals surface area contributed by atoms with Gasteiger partial charge in [0.25, 0.3) is 0 Å². The smallest absolute Gasteiger partial charge is 0.161 e. The molecule has 3 rings (SSSR count). The zero-order valence-electron chi connectivity index (χ0n) is 19.7. The van der Waals surface area contributed by atoms with Crippen LogP contribution in [-0.2, 0) is 14.2 Å². The number of allylic oxidation sites excluding steroid dienone is 2. The van der Waals surface area contributed by atoms with Gasteiger partial charge in [0, 0.05) is 26.1 Å². The lowest BCUT2D eigenvalue weighted by Crippen LogP contribution is -2.35. The van der Waals surface area contributed by atoms with E-state index in [0.29, 0.717) is 30.3 Å². The summed E-state index contributed by atoms with van der Waals surface area (Å²) >= 11 is 0. The second kappa shape index (κ2) is 11.4. The van der Waals surface area contributed by atoms with Crippen LogP contribution in [0.4, 0.5) is 0 Å². The summed E-state index contributed by atoms with van der Waals surface area (Å²) in [4.78, 5) is 0. The summed E-state index contributed by atoms with van der Waals surface area (Å²) in [6.45, 7) is 2.95. The Hall–Kier alpha value is -2.44. The Balaban J connectivity index is 1.89. The Bertz CT molecular complexity index is 843. The SMILES string of the molecule is COC1=C(O)C/C=C/C(C(OC)C2CCCO[C@H](c3ccc(OC)c(OC)c3)C2C)C=C1. The van der Waals surface area contributed by atoms with E-state index in [4.69, 9.17) is 23.7 Å². The topological polar surface area (TPSA) is 66.4 Å². The van der Waals surface area contributed by atoms with Crippen molar-refractivity contribution in [3.63, 3.8) is 0 Å². The van der Waals surface area contributed by atoms with Gasteiger partial charge in [-0.05, 0) is 48.4 Å². The molecule has 0 saturated carbocycles. The second-order valence-electron chi connectivity index (χ2n) is 8.36. The van der Waals surface area contributed by atoms with E-state index in [1.807, 2.05) is 24.3 Å². The number of aliphatic hydroxyl groups excluding tert-OH is 1. The van der Waals surface area contributed by atoms with Crippen molar-refractivity contribution in [2.45, 2.75) is 38.4 Å². The molecule has 1 aliphatic carbocycles. The molecule has 0 spiro atoms. The fourth-order valence-corrected chi connectivity index (χ4v) is 4.88. The molecule has 1 aliphatic heterocycles. The van der Waals surface area contributed by atoms with E-state index in [0.717, 1.165) is 18.4 Å². The number of rotatable bonds is 7. The lowest BCUT2D eigenvalue weighted by Gasteiger charge is -2.36. The highest BCUT2D eigenvalue weighted by Crippen LogP contribution is 2.42. The van der Waals surface area contributed by atoms with Crippen LogP contribution < -0.4 is 9.47 Å². The van der Waals surface area contributed by atoms with Crippen molar-refractivity contribution in [3.05, 3.63) is 59.6 Å². The van der Waals surface area contributed by atoms with Crippen LogP contribution in [0.15, 0.2) is 54.0 Å². The number of methoxy groups -OCH3 is 4. The van der Waals surface area contributed by atoms with Gasteiger partial charge in [0.05, 0.1) is 33.5 Å². The average molecular weight is 445 g/mol. The summed E-state index contributed by atoms with van der Waals surface area (Å²) in [5.74, 6) is 2.71. The lowest BCUT2D eigenvalue weighted by atomic mass is 9.76. The van der Waals surface area contributed by atoms with Crippen LogP contribution in [0.1, 0.15) is 37.9 Å². The van der Waals surface area contributed by atoms with E-state index in [1.54, 1.807) is 28.4 Å². The molecule has 1 heterocycles. The van der Waals surface area contributed by atoms with Crippen molar-refractivity contribution in [2.24, 2.45) is 17.8 Å². The number of hydrogen-bond acceptors (Lipinski definition) is 6. The highest BCUT2D eigenvalue weighted by molar-refractivity contribution is 5.43. The van der Waals surface area contributed by atoms with E-state index >= 15 is 0 Å². The zero-order chi connectivity index (χ0) is 23.1. The monoisotopic (exact) mass is 444 g/mol. The molecule has 0 radical (unpaired) electrons. The fourth-order valence-electron chi connectivity index (χ4n) is 4.88. The Morgan fingerprint density at radius 1 is 1.03 bits per heavy atom. The highest BCUT2D eigenvalue weighted by Gasteiger charge is 2.38. The molecule has 1 saturated heterocycles. The van der Waals surface area contributed by atoms with Gasteiger partial charge < -0.3 is 28.8 Å². The number of ether oxygens (including phenoxy) is 5. The van der Waals surface area contributed by atoms with Crippen LogP contribution in [0.2, 0.25) is 0 Å². The van der Waals surface area contributed by atoms with E-state index < -0.39 is 0 Å². The van der Waals surface area contributed by atoms with Crippen molar-refractivity contribution in [3.8, 4) is 11.5 Å². The Kier molecular flexibility index (Phi) is 8.65. The molecule has 1 aromatic rings. The second-order valence-corrected chi connectivity index (χ2v) is 8.36. The maximum Gasteiger partial charge on any atom is 0.161 e. The van der Waals surface area contributed by atoms with E-state index in [1.165, 1.54) is 0 Å². The van der Waals surface area contributed by atoms with Gasteiger partial charge in [-0.3, -0.25) is 0 Å². The molecule has 0 bridgehead atoms. The number of hydrogen-bond donors (Lipinski definition) is 1. The molecule has 1 N–H and O–H groups in total. The van der Waals surface area contributed by atoms with Crippen LogP contribution in [0.5, 0.6) is 11.5 Å². The predicted molar refractivity (Wildman–Crippen MR) is 124 cm³/mol. The predicted octanol–water partition coefficient (Wildman–Crippen LogP) is 5.37. The molecule has 2 aliphatic rings. The Labute approximate surface area is 191 Å². The van der Waals surface area contributed by atoms with Crippen molar-refractivity contribution < 1.29 is 28.8 Å². The van der Waals surface area contributed by atoms with Gasteiger partial charge in [0.1, 0.15) is 5.76 Å². The Morgan fingerprint density at radius 2 is 1.81 bits per heavy atom. The van der Waals surface area contributed by atoms with Crippen LogP contribution in [0.25, 0.3) is 0 Å². The van der Waals surface area contributed by atoms with Crippen molar-refractivity contribution in [2.75, 3.05) is 35.0 Å². The van der Waals surface area contributed by atoms with E-state index in [2.05, 4.69) is 25.1 Å². The normalized spacial score (nSPS) is 28.3. The van der Waals surface area contributed by atoms with Gasteiger partial charge in [-0.25, -0.2) is 0 Å². The minimum Gasteiger partial charge on any atom is -0.508 e. The summed E-state index contributed by atoms with van der Waals surface area (Å²) in [6.07, 6.45) is 10.3. The standard InChI is InChI=1S/C26H36O6/c1-17-20(26(31-5)18-8-6-10-21(27)22(28-2)13-11-18)9-7-15-32-25(17)19-12-14-23(29-3)24(16-19)30-4/h6,8,11-14,16-18,20,25-27H,7,9-10,15H2,1-5H3/b8-6+,13-11?,22-21?/t17?,18?,20?,25-,26?/m0/s1.